The van der Waals surface area contributed by atoms with Crippen molar-refractivity contribution in [2.24, 2.45) is 0 Å². The summed E-state index contributed by atoms with van der Waals surface area (Å²) < 4.78 is 5.12. The number of carboxylic acid groups (broad SMARTS) is 1. The smallest absolute Gasteiger partial charge is 0.307 e. The number of benzene rings is 1. The molecule has 16 heavy (non-hydrogen) atoms. The van der Waals surface area contributed by atoms with Crippen molar-refractivity contribution in [3.63, 3.8) is 0 Å². The van der Waals surface area contributed by atoms with Gasteiger partial charge in [-0.25, -0.2) is 4.98 Å². The molecule has 2 rings (SSSR count). The average molecular weight is 217 g/mol. The molecule has 0 saturated carbocycles. The first-order valence-corrected chi connectivity index (χ1v) is 4.84. The fourth-order valence-electron chi connectivity index (χ4n) is 1.65. The Morgan fingerprint density at radius 3 is 2.94 bits per heavy atom. The molecule has 0 spiro atoms. The molecule has 0 aliphatic carbocycles. The van der Waals surface area contributed by atoms with Gasteiger partial charge in [0.05, 0.1) is 13.5 Å². The Labute approximate surface area is 92.5 Å². The molecule has 1 aromatic carbocycles. The van der Waals surface area contributed by atoms with E-state index in [1.54, 1.807) is 19.4 Å². The van der Waals surface area contributed by atoms with Gasteiger partial charge in [-0.2, -0.15) is 0 Å². The lowest BCUT2D eigenvalue weighted by Gasteiger charge is -2.05. The number of ether oxygens (including phenoxy) is 1. The number of hydrogen-bond acceptors (Lipinski definition) is 3. The van der Waals surface area contributed by atoms with Gasteiger partial charge in [0.1, 0.15) is 0 Å². The lowest BCUT2D eigenvalue weighted by Crippen LogP contribution is -1.99. The lowest BCUT2D eigenvalue weighted by atomic mass is 10.1. The zero-order valence-electron chi connectivity index (χ0n) is 8.80. The number of carboxylic acids is 1. The third-order valence-electron chi connectivity index (χ3n) is 2.34. The van der Waals surface area contributed by atoms with E-state index in [4.69, 9.17) is 9.84 Å². The molecule has 4 nitrogen and oxygen atoms in total. The molecule has 0 radical (unpaired) electrons. The van der Waals surface area contributed by atoms with Crippen molar-refractivity contribution in [2.75, 3.05) is 7.11 Å². The Balaban J connectivity index is 2.51. The van der Waals surface area contributed by atoms with Crippen molar-refractivity contribution >= 4 is 16.7 Å². The second-order valence-electron chi connectivity index (χ2n) is 3.45. The van der Waals surface area contributed by atoms with E-state index in [0.717, 1.165) is 16.3 Å². The fraction of sp³-hybridized carbons (Fsp3) is 0.167. The highest BCUT2D eigenvalue weighted by atomic mass is 16.5. The van der Waals surface area contributed by atoms with Crippen LogP contribution in [-0.4, -0.2) is 23.2 Å². The SMILES string of the molecule is COc1nccc2cc(CC(=O)O)ccc12. The summed E-state index contributed by atoms with van der Waals surface area (Å²) in [5.74, 6) is -0.278. The number of fused-ring (bicyclic) bond motifs is 1. The van der Waals surface area contributed by atoms with Gasteiger partial charge in [-0.15, -0.1) is 0 Å². The molecule has 1 aromatic heterocycles. The van der Waals surface area contributed by atoms with Crippen molar-refractivity contribution in [2.45, 2.75) is 6.42 Å². The van der Waals surface area contributed by atoms with Crippen LogP contribution in [-0.2, 0) is 11.2 Å². The number of aromatic nitrogens is 1. The van der Waals surface area contributed by atoms with Crippen LogP contribution in [0, 0.1) is 0 Å². The quantitative estimate of drug-likeness (QED) is 0.852. The topological polar surface area (TPSA) is 59.4 Å². The summed E-state index contributed by atoms with van der Waals surface area (Å²) in [5.41, 5.74) is 0.772. The first-order chi connectivity index (χ1) is 7.70. The van der Waals surface area contributed by atoms with Crippen LogP contribution < -0.4 is 4.74 Å². The van der Waals surface area contributed by atoms with E-state index in [-0.39, 0.29) is 6.42 Å². The molecule has 0 aliphatic heterocycles. The normalized spacial score (nSPS) is 10.3. The van der Waals surface area contributed by atoms with E-state index in [0.29, 0.717) is 5.88 Å². The minimum Gasteiger partial charge on any atom is -0.481 e. The molecular weight excluding hydrogens is 206 g/mol. The minimum absolute atomic E-state index is 0.0284. The van der Waals surface area contributed by atoms with Crippen LogP contribution >= 0.6 is 0 Å². The van der Waals surface area contributed by atoms with Crippen LogP contribution in [0.1, 0.15) is 5.56 Å². The molecular formula is C12H11NO3. The van der Waals surface area contributed by atoms with E-state index in [1.807, 2.05) is 18.2 Å². The standard InChI is InChI=1S/C12H11NO3/c1-16-12-10-3-2-8(7-11(14)15)6-9(10)4-5-13-12/h2-6H,7H2,1H3,(H,14,15). The van der Waals surface area contributed by atoms with E-state index >= 15 is 0 Å². The van der Waals surface area contributed by atoms with Gasteiger partial charge in [0, 0.05) is 11.6 Å². The summed E-state index contributed by atoms with van der Waals surface area (Å²) in [6.45, 7) is 0. The zero-order valence-corrected chi connectivity index (χ0v) is 8.80. The maximum atomic E-state index is 10.6. The Hall–Kier alpha value is -2.10. The summed E-state index contributed by atoms with van der Waals surface area (Å²) in [4.78, 5) is 14.7. The molecule has 0 atom stereocenters. The molecule has 0 fully saturated rings. The number of hydrogen-bond donors (Lipinski definition) is 1. The molecule has 4 heteroatoms. The molecule has 1 N–H and O–H groups in total. The van der Waals surface area contributed by atoms with Crippen LogP contribution in [0.3, 0.4) is 0 Å². The Morgan fingerprint density at radius 1 is 1.44 bits per heavy atom. The van der Waals surface area contributed by atoms with Crippen LogP contribution in [0.2, 0.25) is 0 Å². The van der Waals surface area contributed by atoms with E-state index in [9.17, 15) is 4.79 Å². The van der Waals surface area contributed by atoms with Gasteiger partial charge in [-0.3, -0.25) is 4.79 Å². The minimum atomic E-state index is -0.833. The summed E-state index contributed by atoms with van der Waals surface area (Å²) >= 11 is 0. The van der Waals surface area contributed by atoms with E-state index in [2.05, 4.69) is 4.98 Å². The predicted octanol–water partition coefficient (Wildman–Crippen LogP) is 1.87. The van der Waals surface area contributed by atoms with Crippen molar-refractivity contribution in [1.82, 2.24) is 4.98 Å². The second-order valence-corrected chi connectivity index (χ2v) is 3.45. The second kappa shape index (κ2) is 4.18. The number of carbonyl (C=O) groups is 1. The maximum absolute atomic E-state index is 10.6. The van der Waals surface area contributed by atoms with Gasteiger partial charge in [0.15, 0.2) is 0 Å². The first kappa shape index (κ1) is 10.4. The summed E-state index contributed by atoms with van der Waals surface area (Å²) in [6, 6.07) is 7.29. The molecule has 0 amide bonds. The number of pyridine rings is 1. The van der Waals surface area contributed by atoms with Gasteiger partial charge in [-0.1, -0.05) is 12.1 Å². The Morgan fingerprint density at radius 2 is 2.25 bits per heavy atom. The highest BCUT2D eigenvalue weighted by Crippen LogP contribution is 2.23. The van der Waals surface area contributed by atoms with Gasteiger partial charge < -0.3 is 9.84 Å². The predicted molar refractivity (Wildman–Crippen MR) is 59.6 cm³/mol. The van der Waals surface area contributed by atoms with Crippen molar-refractivity contribution in [3.8, 4) is 5.88 Å². The molecule has 1 heterocycles. The fourth-order valence-corrected chi connectivity index (χ4v) is 1.65. The number of methoxy groups -OCH3 is 1. The molecule has 0 saturated heterocycles. The highest BCUT2D eigenvalue weighted by Gasteiger charge is 2.05. The van der Waals surface area contributed by atoms with Crippen molar-refractivity contribution in [3.05, 3.63) is 36.0 Å². The summed E-state index contributed by atoms with van der Waals surface area (Å²) in [6.07, 6.45) is 1.67. The Bertz CT molecular complexity index is 537. The largest absolute Gasteiger partial charge is 0.481 e. The lowest BCUT2D eigenvalue weighted by molar-refractivity contribution is -0.136. The zero-order chi connectivity index (χ0) is 11.5. The van der Waals surface area contributed by atoms with E-state index in [1.165, 1.54) is 0 Å². The Kier molecular flexibility index (Phi) is 2.72. The van der Waals surface area contributed by atoms with Crippen LogP contribution in [0.25, 0.3) is 10.8 Å². The highest BCUT2D eigenvalue weighted by molar-refractivity contribution is 5.88. The molecule has 0 aliphatic rings. The average Bonchev–Trinajstić information content (AvgIpc) is 2.27. The van der Waals surface area contributed by atoms with Gasteiger partial charge in [0.2, 0.25) is 5.88 Å². The summed E-state index contributed by atoms with van der Waals surface area (Å²) in [7, 11) is 1.56. The van der Waals surface area contributed by atoms with E-state index < -0.39 is 5.97 Å². The van der Waals surface area contributed by atoms with Crippen LogP contribution in [0.4, 0.5) is 0 Å². The third kappa shape index (κ3) is 1.95. The maximum Gasteiger partial charge on any atom is 0.307 e. The molecule has 0 unspecified atom stereocenters. The van der Waals surface area contributed by atoms with Crippen LogP contribution in [0.15, 0.2) is 30.5 Å². The number of aliphatic carboxylic acids is 1. The van der Waals surface area contributed by atoms with Crippen molar-refractivity contribution in [1.29, 1.82) is 0 Å². The molecule has 0 bridgehead atoms. The monoisotopic (exact) mass is 217 g/mol. The number of rotatable bonds is 3. The van der Waals surface area contributed by atoms with Gasteiger partial charge in [0.25, 0.3) is 0 Å². The van der Waals surface area contributed by atoms with Crippen LogP contribution in [0.5, 0.6) is 5.88 Å². The van der Waals surface area contributed by atoms with Gasteiger partial charge >= 0.3 is 5.97 Å². The molecule has 82 valence electrons. The number of nitrogens with zero attached hydrogens (tertiary/aromatic N) is 1. The molecule has 2 aromatic rings. The first-order valence-electron chi connectivity index (χ1n) is 4.84. The summed E-state index contributed by atoms with van der Waals surface area (Å²) in [5, 5.41) is 10.5. The third-order valence-corrected chi connectivity index (χ3v) is 2.34. The van der Waals surface area contributed by atoms with Gasteiger partial charge in [-0.05, 0) is 23.1 Å². The van der Waals surface area contributed by atoms with Crippen molar-refractivity contribution < 1.29 is 14.6 Å².